The molecule has 0 saturated carbocycles. The molecule has 3 N–H and O–H groups in total. The van der Waals surface area contributed by atoms with Crippen molar-refractivity contribution >= 4 is 23.6 Å². The van der Waals surface area contributed by atoms with Crippen LogP contribution in [-0.2, 0) is 4.79 Å². The van der Waals surface area contributed by atoms with E-state index in [4.69, 9.17) is 5.11 Å². The average Bonchev–Trinajstić information content (AvgIpc) is 2.46. The van der Waals surface area contributed by atoms with E-state index in [9.17, 15) is 14.4 Å². The first kappa shape index (κ1) is 16.4. The van der Waals surface area contributed by atoms with Crippen molar-refractivity contribution in [3.05, 3.63) is 24.0 Å². The third-order valence-corrected chi connectivity index (χ3v) is 2.76. The van der Waals surface area contributed by atoms with Crippen molar-refractivity contribution in [2.24, 2.45) is 0 Å². The molecule has 0 aliphatic rings. The number of pyridine rings is 1. The van der Waals surface area contributed by atoms with Gasteiger partial charge < -0.3 is 20.6 Å². The maximum Gasteiger partial charge on any atom is 0.337 e. The molecular formula is C13H18N4O4. The highest BCUT2D eigenvalue weighted by atomic mass is 16.4. The van der Waals surface area contributed by atoms with E-state index < -0.39 is 12.0 Å². The molecule has 114 valence electrons. The standard InChI is InChI=1S/C13H18N4O4/c1-3-17(4-2)11(18)8-15-13(21)16-10-5-9(12(19)20)6-14-7-10/h5-7H,3-4,8H2,1-2H3,(H,19,20)(H2,15,16,21). The second kappa shape index (κ2) is 7.83. The molecule has 0 unspecified atom stereocenters. The molecule has 3 amide bonds. The van der Waals surface area contributed by atoms with Gasteiger partial charge in [-0.15, -0.1) is 0 Å². The van der Waals surface area contributed by atoms with Crippen molar-refractivity contribution in [2.45, 2.75) is 13.8 Å². The molecule has 0 atom stereocenters. The van der Waals surface area contributed by atoms with Crippen molar-refractivity contribution in [3.8, 4) is 0 Å². The third-order valence-electron chi connectivity index (χ3n) is 2.76. The number of carboxylic acid groups (broad SMARTS) is 1. The molecule has 0 aromatic carbocycles. The van der Waals surface area contributed by atoms with E-state index in [2.05, 4.69) is 15.6 Å². The number of amides is 3. The Morgan fingerprint density at radius 2 is 1.90 bits per heavy atom. The van der Waals surface area contributed by atoms with Crippen LogP contribution in [0.3, 0.4) is 0 Å². The molecule has 1 aromatic heterocycles. The van der Waals surface area contributed by atoms with E-state index in [-0.39, 0.29) is 23.7 Å². The van der Waals surface area contributed by atoms with Crippen molar-refractivity contribution in [1.82, 2.24) is 15.2 Å². The summed E-state index contributed by atoms with van der Waals surface area (Å²) >= 11 is 0. The number of aromatic nitrogens is 1. The second-order valence-electron chi connectivity index (χ2n) is 4.14. The first-order chi connectivity index (χ1) is 9.97. The van der Waals surface area contributed by atoms with Crippen molar-refractivity contribution in [2.75, 3.05) is 25.0 Å². The first-order valence-corrected chi connectivity index (χ1v) is 6.48. The largest absolute Gasteiger partial charge is 0.478 e. The van der Waals surface area contributed by atoms with Crippen LogP contribution in [0.1, 0.15) is 24.2 Å². The second-order valence-corrected chi connectivity index (χ2v) is 4.14. The molecule has 0 bridgehead atoms. The highest BCUT2D eigenvalue weighted by Crippen LogP contribution is 2.07. The average molecular weight is 294 g/mol. The number of nitrogens with zero attached hydrogens (tertiary/aromatic N) is 2. The highest BCUT2D eigenvalue weighted by Gasteiger charge is 2.11. The Labute approximate surface area is 122 Å². The number of urea groups is 1. The van der Waals surface area contributed by atoms with E-state index in [0.29, 0.717) is 13.1 Å². The fourth-order valence-corrected chi connectivity index (χ4v) is 1.64. The molecule has 1 rings (SSSR count). The fraction of sp³-hybridized carbons (Fsp3) is 0.385. The Hall–Kier alpha value is -2.64. The van der Waals surface area contributed by atoms with Gasteiger partial charge in [0.15, 0.2) is 0 Å². The lowest BCUT2D eigenvalue weighted by Crippen LogP contribution is -2.41. The number of carbonyl (C=O) groups excluding carboxylic acids is 2. The molecule has 21 heavy (non-hydrogen) atoms. The first-order valence-electron chi connectivity index (χ1n) is 6.48. The minimum absolute atomic E-state index is 0.0352. The van der Waals surface area contributed by atoms with Gasteiger partial charge in [-0.25, -0.2) is 9.59 Å². The van der Waals surface area contributed by atoms with E-state index >= 15 is 0 Å². The summed E-state index contributed by atoms with van der Waals surface area (Å²) in [5.41, 5.74) is 0.203. The number of carbonyl (C=O) groups is 3. The molecule has 0 fully saturated rings. The van der Waals surface area contributed by atoms with Crippen LogP contribution < -0.4 is 10.6 Å². The van der Waals surface area contributed by atoms with Gasteiger partial charge in [0.2, 0.25) is 5.91 Å². The topological polar surface area (TPSA) is 112 Å². The molecular weight excluding hydrogens is 276 g/mol. The van der Waals surface area contributed by atoms with E-state index in [1.54, 1.807) is 4.90 Å². The Morgan fingerprint density at radius 1 is 1.24 bits per heavy atom. The summed E-state index contributed by atoms with van der Waals surface area (Å²) in [7, 11) is 0. The number of carboxylic acids is 1. The van der Waals surface area contributed by atoms with Crippen LogP contribution in [0, 0.1) is 0 Å². The van der Waals surface area contributed by atoms with Crippen molar-refractivity contribution < 1.29 is 19.5 Å². The van der Waals surface area contributed by atoms with E-state index in [1.807, 2.05) is 13.8 Å². The van der Waals surface area contributed by atoms with Crippen LogP contribution in [-0.4, -0.2) is 52.5 Å². The van der Waals surface area contributed by atoms with Gasteiger partial charge in [0, 0.05) is 19.3 Å². The quantitative estimate of drug-likeness (QED) is 0.717. The van der Waals surface area contributed by atoms with Crippen LogP contribution in [0.15, 0.2) is 18.5 Å². The predicted molar refractivity (Wildman–Crippen MR) is 76.1 cm³/mol. The van der Waals surface area contributed by atoms with Crippen molar-refractivity contribution in [3.63, 3.8) is 0 Å². The summed E-state index contributed by atoms with van der Waals surface area (Å²) in [5, 5.41) is 13.6. The number of rotatable bonds is 6. The van der Waals surface area contributed by atoms with Gasteiger partial charge in [-0.3, -0.25) is 9.78 Å². The van der Waals surface area contributed by atoms with E-state index in [1.165, 1.54) is 18.5 Å². The van der Waals surface area contributed by atoms with Crippen LogP contribution in [0.25, 0.3) is 0 Å². The lowest BCUT2D eigenvalue weighted by molar-refractivity contribution is -0.129. The van der Waals surface area contributed by atoms with E-state index in [0.717, 1.165) is 0 Å². The zero-order valence-corrected chi connectivity index (χ0v) is 11.9. The highest BCUT2D eigenvalue weighted by molar-refractivity contribution is 5.94. The van der Waals surface area contributed by atoms with Gasteiger partial charge in [-0.05, 0) is 19.9 Å². The summed E-state index contributed by atoms with van der Waals surface area (Å²) in [6, 6.07) is 0.682. The monoisotopic (exact) mass is 294 g/mol. The van der Waals surface area contributed by atoms with Crippen LogP contribution in [0.5, 0.6) is 0 Å². The smallest absolute Gasteiger partial charge is 0.337 e. The van der Waals surface area contributed by atoms with Gasteiger partial charge in [0.05, 0.1) is 24.0 Å². The number of likely N-dealkylation sites (N-methyl/N-ethyl adjacent to an activating group) is 1. The Kier molecular flexibility index (Phi) is 6.12. The molecule has 1 heterocycles. The lowest BCUT2D eigenvalue weighted by atomic mass is 10.3. The van der Waals surface area contributed by atoms with Gasteiger partial charge in [0.25, 0.3) is 0 Å². The summed E-state index contributed by atoms with van der Waals surface area (Å²) in [6.07, 6.45) is 2.49. The third kappa shape index (κ3) is 5.09. The Balaban J connectivity index is 2.52. The SMILES string of the molecule is CCN(CC)C(=O)CNC(=O)Nc1cncc(C(=O)O)c1. The maximum atomic E-state index is 11.7. The number of aromatic carboxylic acids is 1. The lowest BCUT2D eigenvalue weighted by Gasteiger charge is -2.18. The molecule has 0 radical (unpaired) electrons. The Bertz CT molecular complexity index is 529. The van der Waals surface area contributed by atoms with Crippen LogP contribution in [0.2, 0.25) is 0 Å². The zero-order chi connectivity index (χ0) is 15.8. The minimum Gasteiger partial charge on any atom is -0.478 e. The minimum atomic E-state index is -1.14. The fourth-order valence-electron chi connectivity index (χ4n) is 1.64. The molecule has 8 nitrogen and oxygen atoms in total. The molecule has 0 aliphatic heterocycles. The molecule has 0 saturated heterocycles. The van der Waals surface area contributed by atoms with Crippen LogP contribution >= 0.6 is 0 Å². The molecule has 0 aliphatic carbocycles. The number of hydrogen-bond donors (Lipinski definition) is 3. The van der Waals surface area contributed by atoms with Gasteiger partial charge in [0.1, 0.15) is 0 Å². The predicted octanol–water partition coefficient (Wildman–Crippen LogP) is 0.770. The molecule has 8 heteroatoms. The van der Waals surface area contributed by atoms with Gasteiger partial charge >= 0.3 is 12.0 Å². The summed E-state index contributed by atoms with van der Waals surface area (Å²) in [6.45, 7) is 4.72. The molecule has 0 spiro atoms. The number of hydrogen-bond acceptors (Lipinski definition) is 4. The van der Waals surface area contributed by atoms with Gasteiger partial charge in [-0.1, -0.05) is 0 Å². The summed E-state index contributed by atoms with van der Waals surface area (Å²) < 4.78 is 0. The normalized spacial score (nSPS) is 9.81. The summed E-state index contributed by atoms with van der Waals surface area (Å²) in [5.74, 6) is -1.32. The molecule has 1 aromatic rings. The number of nitrogens with one attached hydrogen (secondary N) is 2. The summed E-state index contributed by atoms with van der Waals surface area (Å²) in [4.78, 5) is 39.4. The van der Waals surface area contributed by atoms with Crippen molar-refractivity contribution in [1.29, 1.82) is 0 Å². The van der Waals surface area contributed by atoms with Crippen LogP contribution in [0.4, 0.5) is 10.5 Å². The van der Waals surface area contributed by atoms with Gasteiger partial charge in [-0.2, -0.15) is 0 Å². The number of anilines is 1. The zero-order valence-electron chi connectivity index (χ0n) is 11.9. The maximum absolute atomic E-state index is 11.7. The Morgan fingerprint density at radius 3 is 2.48 bits per heavy atom.